The molecule has 1 aliphatic rings. The third kappa shape index (κ3) is 4.25. The molecule has 5 nitrogen and oxygen atoms in total. The lowest BCUT2D eigenvalue weighted by Gasteiger charge is -2.43. The Balaban J connectivity index is 1.92. The molecule has 6 heteroatoms. The molecule has 0 radical (unpaired) electrons. The molecule has 1 fully saturated rings. The van der Waals surface area contributed by atoms with Gasteiger partial charge in [-0.1, -0.05) is 0 Å². The van der Waals surface area contributed by atoms with Crippen LogP contribution in [0.3, 0.4) is 0 Å². The van der Waals surface area contributed by atoms with Crippen molar-refractivity contribution in [2.75, 3.05) is 39.8 Å². The molecular formula is C15H23BrN4O. The lowest BCUT2D eigenvalue weighted by molar-refractivity contribution is 0.0586. The minimum Gasteiger partial charge on any atom is -0.349 e. The summed E-state index contributed by atoms with van der Waals surface area (Å²) in [6, 6.07) is 3.63. The first-order chi connectivity index (χ1) is 9.90. The molecule has 1 aromatic rings. The van der Waals surface area contributed by atoms with Crippen molar-refractivity contribution in [3.05, 3.63) is 28.5 Å². The zero-order valence-corrected chi connectivity index (χ0v) is 14.5. The van der Waals surface area contributed by atoms with Crippen molar-refractivity contribution in [1.82, 2.24) is 20.1 Å². The molecule has 0 unspecified atom stereocenters. The van der Waals surface area contributed by atoms with E-state index in [-0.39, 0.29) is 11.4 Å². The topological polar surface area (TPSA) is 48.5 Å². The number of piperazine rings is 1. The van der Waals surface area contributed by atoms with Crippen molar-refractivity contribution in [3.8, 4) is 0 Å². The first-order valence-electron chi connectivity index (χ1n) is 7.22. The first kappa shape index (κ1) is 16.4. The zero-order chi connectivity index (χ0) is 15.5. The Morgan fingerprint density at radius 3 is 2.67 bits per heavy atom. The van der Waals surface area contributed by atoms with Gasteiger partial charge < -0.3 is 10.2 Å². The van der Waals surface area contributed by atoms with Crippen LogP contribution in [0.25, 0.3) is 0 Å². The maximum Gasteiger partial charge on any atom is 0.271 e. The summed E-state index contributed by atoms with van der Waals surface area (Å²) < 4.78 is 0.722. The molecule has 1 amide bonds. The van der Waals surface area contributed by atoms with Gasteiger partial charge in [0.05, 0.1) is 0 Å². The van der Waals surface area contributed by atoms with E-state index < -0.39 is 0 Å². The van der Waals surface area contributed by atoms with Crippen LogP contribution < -0.4 is 5.32 Å². The van der Waals surface area contributed by atoms with Crippen LogP contribution in [-0.4, -0.2) is 66.0 Å². The van der Waals surface area contributed by atoms with Gasteiger partial charge in [0.2, 0.25) is 0 Å². The van der Waals surface area contributed by atoms with Crippen LogP contribution in [0, 0.1) is 0 Å². The molecule has 1 aromatic heterocycles. The highest BCUT2D eigenvalue weighted by Gasteiger charge is 2.29. The largest absolute Gasteiger partial charge is 0.349 e. The minimum atomic E-state index is -0.135. The van der Waals surface area contributed by atoms with Crippen molar-refractivity contribution in [1.29, 1.82) is 0 Å². The summed E-state index contributed by atoms with van der Waals surface area (Å²) >= 11 is 3.36. The number of likely N-dealkylation sites (N-methyl/N-ethyl adjacent to an activating group) is 1. The van der Waals surface area contributed by atoms with Crippen LogP contribution in [0.2, 0.25) is 0 Å². The van der Waals surface area contributed by atoms with Crippen LogP contribution in [0.5, 0.6) is 0 Å². The van der Waals surface area contributed by atoms with Crippen molar-refractivity contribution >= 4 is 21.8 Å². The summed E-state index contributed by atoms with van der Waals surface area (Å²) in [4.78, 5) is 21.1. The highest BCUT2D eigenvalue weighted by atomic mass is 79.9. The number of amides is 1. The summed E-state index contributed by atoms with van der Waals surface area (Å²) in [6.45, 7) is 9.17. The summed E-state index contributed by atoms with van der Waals surface area (Å²) in [5.41, 5.74) is 0.379. The van der Waals surface area contributed by atoms with Crippen LogP contribution in [-0.2, 0) is 0 Å². The van der Waals surface area contributed by atoms with Crippen molar-refractivity contribution in [2.24, 2.45) is 0 Å². The Kier molecular flexibility index (Phi) is 5.35. The second-order valence-electron chi connectivity index (χ2n) is 6.12. The summed E-state index contributed by atoms with van der Waals surface area (Å²) in [5.74, 6) is -0.135. The van der Waals surface area contributed by atoms with Gasteiger partial charge >= 0.3 is 0 Å². The third-order valence-electron chi connectivity index (χ3n) is 4.01. The van der Waals surface area contributed by atoms with Gasteiger partial charge in [-0.25, -0.2) is 4.98 Å². The number of hydrogen-bond donors (Lipinski definition) is 1. The number of rotatable bonds is 4. The molecule has 0 bridgehead atoms. The number of aromatic nitrogens is 1. The van der Waals surface area contributed by atoms with Crippen LogP contribution in [0.15, 0.2) is 22.8 Å². The van der Waals surface area contributed by atoms with Crippen LogP contribution in [0.1, 0.15) is 24.3 Å². The molecule has 2 rings (SSSR count). The number of carbonyl (C=O) groups is 1. The molecule has 1 aliphatic heterocycles. The fourth-order valence-electron chi connectivity index (χ4n) is 2.46. The van der Waals surface area contributed by atoms with E-state index in [0.29, 0.717) is 12.2 Å². The lowest BCUT2D eigenvalue weighted by atomic mass is 10.0. The van der Waals surface area contributed by atoms with Gasteiger partial charge in [0.1, 0.15) is 5.69 Å². The number of nitrogens with zero attached hydrogens (tertiary/aromatic N) is 3. The van der Waals surface area contributed by atoms with E-state index in [4.69, 9.17) is 0 Å². The molecule has 0 aliphatic carbocycles. The van der Waals surface area contributed by atoms with Gasteiger partial charge in [0.25, 0.3) is 5.91 Å². The number of carbonyl (C=O) groups excluding carboxylic acids is 1. The van der Waals surface area contributed by atoms with Crippen LogP contribution in [0.4, 0.5) is 0 Å². The summed E-state index contributed by atoms with van der Waals surface area (Å²) in [6.07, 6.45) is 1.63. The Bertz CT molecular complexity index is 498. The smallest absolute Gasteiger partial charge is 0.271 e. The molecule has 1 N–H and O–H groups in total. The van der Waals surface area contributed by atoms with E-state index in [0.717, 1.165) is 30.7 Å². The summed E-state index contributed by atoms with van der Waals surface area (Å²) in [5, 5.41) is 3.00. The zero-order valence-electron chi connectivity index (χ0n) is 12.9. The van der Waals surface area contributed by atoms with Crippen molar-refractivity contribution < 1.29 is 4.79 Å². The molecule has 0 atom stereocenters. The maximum absolute atomic E-state index is 12.2. The highest BCUT2D eigenvalue weighted by molar-refractivity contribution is 9.10. The van der Waals surface area contributed by atoms with Gasteiger partial charge in [-0.2, -0.15) is 0 Å². The molecular weight excluding hydrogens is 332 g/mol. The number of hydrogen-bond acceptors (Lipinski definition) is 4. The monoisotopic (exact) mass is 354 g/mol. The van der Waals surface area contributed by atoms with Gasteiger partial charge in [0, 0.05) is 48.9 Å². The maximum atomic E-state index is 12.2. The van der Waals surface area contributed by atoms with E-state index in [1.54, 1.807) is 12.3 Å². The van der Waals surface area contributed by atoms with Gasteiger partial charge in [-0.3, -0.25) is 9.69 Å². The average Bonchev–Trinajstić information content (AvgIpc) is 2.46. The fraction of sp³-hybridized carbons (Fsp3) is 0.600. The quantitative estimate of drug-likeness (QED) is 0.892. The predicted octanol–water partition coefficient (Wildman–Crippen LogP) is 1.60. The minimum absolute atomic E-state index is 0.0574. The predicted molar refractivity (Wildman–Crippen MR) is 87.4 cm³/mol. The van der Waals surface area contributed by atoms with E-state index in [1.807, 2.05) is 6.07 Å². The lowest BCUT2D eigenvalue weighted by Crippen LogP contribution is -2.57. The Morgan fingerprint density at radius 1 is 1.38 bits per heavy atom. The van der Waals surface area contributed by atoms with Crippen molar-refractivity contribution in [2.45, 2.75) is 19.4 Å². The normalized spacial score (nSPS) is 17.7. The molecule has 0 saturated carbocycles. The SMILES string of the molecule is CN1CCN(C(C)(C)CNC(=O)c2ncccc2Br)CC1. The standard InChI is InChI=1S/C15H23BrN4O/c1-15(2,20-9-7-19(3)8-10-20)11-18-14(21)13-12(16)5-4-6-17-13/h4-6H,7-11H2,1-3H3,(H,18,21). The number of nitrogens with one attached hydrogen (secondary N) is 1. The average molecular weight is 355 g/mol. The molecule has 2 heterocycles. The van der Waals surface area contributed by atoms with E-state index in [2.05, 4.69) is 56.9 Å². The second kappa shape index (κ2) is 6.85. The van der Waals surface area contributed by atoms with Gasteiger partial charge in [-0.05, 0) is 49.0 Å². The van der Waals surface area contributed by atoms with Gasteiger partial charge in [0.15, 0.2) is 0 Å². The molecule has 116 valence electrons. The fourth-order valence-corrected chi connectivity index (χ4v) is 2.89. The molecule has 1 saturated heterocycles. The van der Waals surface area contributed by atoms with Gasteiger partial charge in [-0.15, -0.1) is 0 Å². The van der Waals surface area contributed by atoms with E-state index in [9.17, 15) is 4.79 Å². The van der Waals surface area contributed by atoms with Crippen molar-refractivity contribution in [3.63, 3.8) is 0 Å². The Hall–Kier alpha value is -0.980. The highest BCUT2D eigenvalue weighted by Crippen LogP contribution is 2.17. The molecule has 0 spiro atoms. The third-order valence-corrected chi connectivity index (χ3v) is 4.65. The molecule has 21 heavy (non-hydrogen) atoms. The van der Waals surface area contributed by atoms with Crippen LogP contribution >= 0.6 is 15.9 Å². The van der Waals surface area contributed by atoms with E-state index >= 15 is 0 Å². The number of halogens is 1. The Morgan fingerprint density at radius 2 is 2.05 bits per heavy atom. The summed E-state index contributed by atoms with van der Waals surface area (Å²) in [7, 11) is 2.14. The second-order valence-corrected chi connectivity index (χ2v) is 6.97. The Labute approximate surface area is 134 Å². The number of pyridine rings is 1. The molecule has 0 aromatic carbocycles. The first-order valence-corrected chi connectivity index (χ1v) is 8.02. The van der Waals surface area contributed by atoms with E-state index in [1.165, 1.54) is 0 Å².